The lowest BCUT2D eigenvalue weighted by atomic mass is 9.87. The maximum absolute atomic E-state index is 12.9. The van der Waals surface area contributed by atoms with Gasteiger partial charge < -0.3 is 19.5 Å². The van der Waals surface area contributed by atoms with Crippen LogP contribution in [0, 0.1) is 11.8 Å². The Morgan fingerprint density at radius 2 is 2.08 bits per heavy atom. The third-order valence-electron chi connectivity index (χ3n) is 5.02. The summed E-state index contributed by atoms with van der Waals surface area (Å²) in [6.45, 7) is 1.80. The van der Waals surface area contributed by atoms with E-state index in [1.165, 1.54) is 0 Å². The van der Waals surface area contributed by atoms with Crippen molar-refractivity contribution >= 4 is 11.9 Å². The van der Waals surface area contributed by atoms with Crippen LogP contribution in [-0.2, 0) is 4.79 Å². The fourth-order valence-electron chi connectivity index (χ4n) is 3.78. The Labute approximate surface area is 144 Å². The number of benzene rings is 1. The number of nitrogens with one attached hydrogen (secondary N) is 3. The zero-order valence-electron chi connectivity index (χ0n) is 13.5. The first kappa shape index (κ1) is 16.1. The summed E-state index contributed by atoms with van der Waals surface area (Å²) in [4.78, 5) is 25.8. The highest BCUT2D eigenvalue weighted by Crippen LogP contribution is 2.34. The number of ether oxygens (including phenoxy) is 2. The highest BCUT2D eigenvalue weighted by molar-refractivity contribution is 5.95. The van der Waals surface area contributed by atoms with E-state index < -0.39 is 5.97 Å². The van der Waals surface area contributed by atoms with Crippen LogP contribution in [0.5, 0.6) is 11.5 Å². The number of fused-ring (bicyclic) bond motifs is 1. The van der Waals surface area contributed by atoms with Gasteiger partial charge in [0.05, 0.1) is 6.42 Å². The number of carboxylic acids is 1. The Balaban J connectivity index is 1.51. The number of carbonyl (C=O) groups is 2. The van der Waals surface area contributed by atoms with Crippen LogP contribution in [-0.4, -0.2) is 54.4 Å². The Bertz CT molecular complexity index is 691. The molecule has 4 N–H and O–H groups in total. The van der Waals surface area contributed by atoms with Crippen LogP contribution in [0.2, 0.25) is 0 Å². The number of carboxylic acid groups (broad SMARTS) is 1. The molecule has 2 fully saturated rings. The van der Waals surface area contributed by atoms with Gasteiger partial charge in [0.15, 0.2) is 11.5 Å². The van der Waals surface area contributed by atoms with Crippen molar-refractivity contribution in [1.29, 1.82) is 0 Å². The number of amides is 1. The summed E-state index contributed by atoms with van der Waals surface area (Å²) < 4.78 is 10.6. The maximum atomic E-state index is 12.9. The SMILES string of the molecule is O=C(O)C[C@@H]1CN(C(=O)c2ccc3c(c2)OCO3)C[C@@H]1C1CNNN1. The first-order valence-electron chi connectivity index (χ1n) is 8.26. The molecule has 3 atom stereocenters. The highest BCUT2D eigenvalue weighted by atomic mass is 16.7. The Hall–Kier alpha value is -2.36. The standard InChI is InChI=1S/C16H20N4O5/c21-15(22)4-10-6-20(7-11(10)12-5-17-19-18-12)16(23)9-1-2-13-14(3-9)25-8-24-13/h1-3,10-12,17-19H,4-8H2,(H,21,22)/t10-,11+,12?/m1/s1. The summed E-state index contributed by atoms with van der Waals surface area (Å²) in [5.41, 5.74) is 9.46. The molecule has 9 nitrogen and oxygen atoms in total. The predicted octanol–water partition coefficient (Wildman–Crippen LogP) is -0.441. The lowest BCUT2D eigenvalue weighted by molar-refractivity contribution is -0.138. The average molecular weight is 348 g/mol. The van der Waals surface area contributed by atoms with Gasteiger partial charge in [-0.1, -0.05) is 0 Å². The fraction of sp³-hybridized carbons (Fsp3) is 0.500. The molecule has 0 bridgehead atoms. The molecule has 9 heteroatoms. The molecule has 0 spiro atoms. The van der Waals surface area contributed by atoms with Gasteiger partial charge in [-0.3, -0.25) is 9.59 Å². The monoisotopic (exact) mass is 348 g/mol. The Kier molecular flexibility index (Phi) is 4.20. The van der Waals surface area contributed by atoms with E-state index in [1.807, 2.05) is 0 Å². The van der Waals surface area contributed by atoms with Gasteiger partial charge in [0.1, 0.15) is 0 Å². The summed E-state index contributed by atoms with van der Waals surface area (Å²) in [6.07, 6.45) is 0.0494. The zero-order chi connectivity index (χ0) is 17.4. The van der Waals surface area contributed by atoms with Crippen molar-refractivity contribution in [2.24, 2.45) is 11.8 Å². The summed E-state index contributed by atoms with van der Waals surface area (Å²) in [5.74, 6) is 0.217. The van der Waals surface area contributed by atoms with E-state index in [9.17, 15) is 14.7 Å². The van der Waals surface area contributed by atoms with Crippen LogP contribution in [0.1, 0.15) is 16.8 Å². The Morgan fingerprint density at radius 1 is 1.24 bits per heavy atom. The number of carbonyl (C=O) groups excluding carboxylic acids is 1. The first-order valence-corrected chi connectivity index (χ1v) is 8.26. The van der Waals surface area contributed by atoms with Crippen molar-refractivity contribution < 1.29 is 24.2 Å². The minimum Gasteiger partial charge on any atom is -0.481 e. The second-order valence-corrected chi connectivity index (χ2v) is 6.56. The summed E-state index contributed by atoms with van der Waals surface area (Å²) in [6, 6.07) is 5.20. The number of aliphatic carboxylic acids is 1. The van der Waals surface area contributed by atoms with Crippen LogP contribution < -0.4 is 25.9 Å². The van der Waals surface area contributed by atoms with Crippen LogP contribution in [0.4, 0.5) is 0 Å². The second-order valence-electron chi connectivity index (χ2n) is 6.56. The number of hydrogen-bond acceptors (Lipinski definition) is 7. The molecule has 1 unspecified atom stereocenters. The van der Waals surface area contributed by atoms with Crippen LogP contribution in [0.25, 0.3) is 0 Å². The Morgan fingerprint density at radius 3 is 2.84 bits per heavy atom. The van der Waals surface area contributed by atoms with Crippen molar-refractivity contribution in [3.8, 4) is 11.5 Å². The van der Waals surface area contributed by atoms with Gasteiger partial charge in [0.2, 0.25) is 6.79 Å². The molecule has 0 aromatic heterocycles. The molecule has 3 aliphatic heterocycles. The fourth-order valence-corrected chi connectivity index (χ4v) is 3.78. The first-order chi connectivity index (χ1) is 12.1. The largest absolute Gasteiger partial charge is 0.481 e. The molecule has 4 rings (SSSR count). The van der Waals surface area contributed by atoms with E-state index in [4.69, 9.17) is 9.47 Å². The zero-order valence-corrected chi connectivity index (χ0v) is 13.5. The lowest BCUT2D eigenvalue weighted by Crippen LogP contribution is -2.41. The normalized spacial score (nSPS) is 27.7. The number of rotatable bonds is 4. The number of hydrazine groups is 2. The smallest absolute Gasteiger partial charge is 0.303 e. The van der Waals surface area contributed by atoms with Crippen LogP contribution >= 0.6 is 0 Å². The number of nitrogens with zero attached hydrogens (tertiary/aromatic N) is 1. The molecule has 0 saturated carbocycles. The molecule has 1 amide bonds. The quantitative estimate of drug-likeness (QED) is 0.579. The molecular formula is C16H20N4O5. The molecule has 2 saturated heterocycles. The average Bonchev–Trinajstić information content (AvgIpc) is 3.32. The third kappa shape index (κ3) is 3.13. The molecule has 0 radical (unpaired) electrons. The van der Waals surface area contributed by atoms with E-state index in [0.717, 1.165) is 0 Å². The van der Waals surface area contributed by atoms with Gasteiger partial charge in [-0.05, 0) is 30.0 Å². The van der Waals surface area contributed by atoms with E-state index >= 15 is 0 Å². The third-order valence-corrected chi connectivity index (χ3v) is 5.02. The summed E-state index contributed by atoms with van der Waals surface area (Å²) in [7, 11) is 0. The van der Waals surface area contributed by atoms with Crippen LogP contribution in [0.3, 0.4) is 0 Å². The van der Waals surface area contributed by atoms with E-state index in [-0.39, 0.29) is 37.0 Å². The van der Waals surface area contributed by atoms with Crippen molar-refractivity contribution in [1.82, 2.24) is 21.3 Å². The molecule has 1 aromatic rings. The predicted molar refractivity (Wildman–Crippen MR) is 85.8 cm³/mol. The molecule has 0 aliphatic carbocycles. The van der Waals surface area contributed by atoms with Gasteiger partial charge >= 0.3 is 5.97 Å². The minimum atomic E-state index is -0.841. The minimum absolute atomic E-state index is 0.0494. The molecular weight excluding hydrogens is 328 g/mol. The number of likely N-dealkylation sites (tertiary alicyclic amines) is 1. The summed E-state index contributed by atoms with van der Waals surface area (Å²) >= 11 is 0. The van der Waals surface area contributed by atoms with Crippen molar-refractivity contribution in [3.63, 3.8) is 0 Å². The van der Waals surface area contributed by atoms with E-state index in [2.05, 4.69) is 16.4 Å². The lowest BCUT2D eigenvalue weighted by Gasteiger charge is -2.22. The topological polar surface area (TPSA) is 112 Å². The van der Waals surface area contributed by atoms with Gasteiger partial charge in [0, 0.05) is 31.2 Å². The molecule has 3 heterocycles. The maximum Gasteiger partial charge on any atom is 0.303 e. The molecule has 25 heavy (non-hydrogen) atoms. The van der Waals surface area contributed by atoms with Crippen molar-refractivity contribution in [3.05, 3.63) is 23.8 Å². The van der Waals surface area contributed by atoms with Gasteiger partial charge in [-0.15, -0.1) is 0 Å². The van der Waals surface area contributed by atoms with Gasteiger partial charge in [0.25, 0.3) is 5.91 Å². The van der Waals surface area contributed by atoms with Crippen molar-refractivity contribution in [2.75, 3.05) is 26.4 Å². The molecule has 134 valence electrons. The van der Waals surface area contributed by atoms with Crippen LogP contribution in [0.15, 0.2) is 18.2 Å². The van der Waals surface area contributed by atoms with Gasteiger partial charge in [-0.2, -0.15) is 5.53 Å². The highest BCUT2D eigenvalue weighted by Gasteiger charge is 2.41. The van der Waals surface area contributed by atoms with Crippen molar-refractivity contribution in [2.45, 2.75) is 12.5 Å². The second kappa shape index (κ2) is 6.51. The van der Waals surface area contributed by atoms with Gasteiger partial charge in [-0.25, -0.2) is 10.9 Å². The molecule has 3 aliphatic rings. The molecule has 1 aromatic carbocycles. The summed E-state index contributed by atoms with van der Waals surface area (Å²) in [5, 5.41) is 9.20. The van der Waals surface area contributed by atoms with E-state index in [0.29, 0.717) is 36.7 Å². The number of hydrogen-bond donors (Lipinski definition) is 4. The van der Waals surface area contributed by atoms with E-state index in [1.54, 1.807) is 23.1 Å².